The highest BCUT2D eigenvalue weighted by Crippen LogP contribution is 2.40. The van der Waals surface area contributed by atoms with Crippen molar-refractivity contribution in [2.75, 3.05) is 11.9 Å². The Bertz CT molecular complexity index is 558. The van der Waals surface area contributed by atoms with Crippen LogP contribution in [-0.2, 0) is 15.7 Å². The lowest BCUT2D eigenvalue weighted by Gasteiger charge is -2.35. The molecule has 0 bridgehead atoms. The third kappa shape index (κ3) is 2.29. The molecule has 2 heterocycles. The molecule has 2 aliphatic heterocycles. The van der Waals surface area contributed by atoms with Crippen molar-refractivity contribution in [3.05, 3.63) is 23.3 Å². The topological polar surface area (TPSA) is 30.5 Å². The van der Waals surface area contributed by atoms with E-state index in [2.05, 4.69) is 52.1 Å². The van der Waals surface area contributed by atoms with Gasteiger partial charge in [-0.25, -0.2) is 0 Å². The fourth-order valence-corrected chi connectivity index (χ4v) is 3.42. The minimum Gasteiger partial charge on any atom is -0.399 e. The molecule has 0 aliphatic carbocycles. The van der Waals surface area contributed by atoms with Gasteiger partial charge in [0.15, 0.2) is 0 Å². The molecule has 1 saturated heterocycles. The maximum absolute atomic E-state index is 6.32. The van der Waals surface area contributed by atoms with Crippen molar-refractivity contribution in [3.63, 3.8) is 0 Å². The van der Waals surface area contributed by atoms with E-state index in [-0.39, 0.29) is 18.3 Å². The van der Waals surface area contributed by atoms with Crippen LogP contribution in [0.1, 0.15) is 51.7 Å². The van der Waals surface area contributed by atoms with Crippen molar-refractivity contribution in [1.82, 2.24) is 0 Å². The van der Waals surface area contributed by atoms with Crippen LogP contribution in [0.5, 0.6) is 0 Å². The molecule has 114 valence electrons. The van der Waals surface area contributed by atoms with E-state index in [0.717, 1.165) is 24.8 Å². The Balaban J connectivity index is 1.96. The highest BCUT2D eigenvalue weighted by atomic mass is 16.7. The third-order valence-electron chi connectivity index (χ3n) is 5.49. The smallest absolute Gasteiger partial charge is 0.399 e. The quantitative estimate of drug-likeness (QED) is 0.848. The molecule has 1 N–H and O–H groups in total. The highest BCUT2D eigenvalue weighted by molar-refractivity contribution is 6.62. The van der Waals surface area contributed by atoms with Crippen LogP contribution in [0, 0.1) is 6.92 Å². The molecule has 3 nitrogen and oxygen atoms in total. The summed E-state index contributed by atoms with van der Waals surface area (Å²) in [7, 11) is -0.265. The van der Waals surface area contributed by atoms with Crippen LogP contribution in [0.15, 0.2) is 12.1 Å². The summed E-state index contributed by atoms with van der Waals surface area (Å²) in [6, 6.07) is 4.41. The fraction of sp³-hybridized carbons (Fsp3) is 0.647. The van der Waals surface area contributed by atoms with Gasteiger partial charge in [0.05, 0.1) is 11.2 Å². The molecule has 0 aromatic heterocycles. The van der Waals surface area contributed by atoms with Gasteiger partial charge in [-0.2, -0.15) is 0 Å². The van der Waals surface area contributed by atoms with E-state index in [1.807, 2.05) is 0 Å². The Kier molecular flexibility index (Phi) is 3.57. The number of aryl methyl sites for hydroxylation is 1. The average Bonchev–Trinajstić information content (AvgIpc) is 2.70. The second-order valence-corrected chi connectivity index (χ2v) is 7.01. The number of benzene rings is 1. The van der Waals surface area contributed by atoms with Gasteiger partial charge in [-0.3, -0.25) is 0 Å². The Hall–Kier alpha value is -0.995. The van der Waals surface area contributed by atoms with Crippen molar-refractivity contribution < 1.29 is 9.31 Å². The van der Waals surface area contributed by atoms with Gasteiger partial charge in [0.25, 0.3) is 0 Å². The predicted octanol–water partition coefficient (Wildman–Crippen LogP) is 3.04. The van der Waals surface area contributed by atoms with Crippen molar-refractivity contribution in [1.29, 1.82) is 0 Å². The molecular formula is C17H26BNO2. The van der Waals surface area contributed by atoms with Crippen LogP contribution < -0.4 is 10.8 Å². The molecule has 21 heavy (non-hydrogen) atoms. The number of hydrogen-bond acceptors (Lipinski definition) is 3. The van der Waals surface area contributed by atoms with Gasteiger partial charge in [-0.15, -0.1) is 0 Å². The standard InChI is InChI=1S/C17H26BNO2/c1-6-17(5)16(3,4)20-18(21-17)14-10-9-13-8-7-11-19-15(13)12(14)2/h9-10,19H,6-8,11H2,1-5H3. The van der Waals surface area contributed by atoms with Crippen LogP contribution >= 0.6 is 0 Å². The summed E-state index contributed by atoms with van der Waals surface area (Å²) in [5, 5.41) is 3.54. The first-order chi connectivity index (χ1) is 9.88. The zero-order valence-electron chi connectivity index (χ0n) is 13.9. The van der Waals surface area contributed by atoms with Crippen LogP contribution in [0.25, 0.3) is 0 Å². The van der Waals surface area contributed by atoms with Crippen molar-refractivity contribution in [2.24, 2.45) is 0 Å². The monoisotopic (exact) mass is 287 g/mol. The molecule has 1 aromatic carbocycles. The number of hydrogen-bond donors (Lipinski definition) is 1. The van der Waals surface area contributed by atoms with Gasteiger partial charge < -0.3 is 14.6 Å². The van der Waals surface area contributed by atoms with Gasteiger partial charge >= 0.3 is 7.12 Å². The summed E-state index contributed by atoms with van der Waals surface area (Å²) in [6.07, 6.45) is 3.32. The SMILES string of the molecule is CCC1(C)OB(c2ccc3c(c2C)NCCC3)OC1(C)C. The largest absolute Gasteiger partial charge is 0.495 e. The zero-order chi connectivity index (χ0) is 15.3. The third-order valence-corrected chi connectivity index (χ3v) is 5.49. The molecule has 0 saturated carbocycles. The van der Waals surface area contributed by atoms with Crippen LogP contribution in [0.4, 0.5) is 5.69 Å². The van der Waals surface area contributed by atoms with Crippen LogP contribution in [0.2, 0.25) is 0 Å². The van der Waals surface area contributed by atoms with Gasteiger partial charge in [0.2, 0.25) is 0 Å². The van der Waals surface area contributed by atoms with E-state index in [4.69, 9.17) is 9.31 Å². The fourth-order valence-electron chi connectivity index (χ4n) is 3.42. The molecule has 1 fully saturated rings. The second-order valence-electron chi connectivity index (χ2n) is 7.01. The van der Waals surface area contributed by atoms with Crippen LogP contribution in [-0.4, -0.2) is 24.9 Å². The molecule has 1 aromatic rings. The van der Waals surface area contributed by atoms with Crippen molar-refractivity contribution >= 4 is 18.3 Å². The lowest BCUT2D eigenvalue weighted by Crippen LogP contribution is -2.44. The maximum Gasteiger partial charge on any atom is 0.495 e. The Morgan fingerprint density at radius 2 is 2.00 bits per heavy atom. The predicted molar refractivity (Wildman–Crippen MR) is 88.3 cm³/mol. The highest BCUT2D eigenvalue weighted by Gasteiger charge is 2.53. The first kappa shape index (κ1) is 14.9. The Morgan fingerprint density at radius 1 is 1.24 bits per heavy atom. The summed E-state index contributed by atoms with van der Waals surface area (Å²) >= 11 is 0. The van der Waals surface area contributed by atoms with E-state index in [1.54, 1.807) is 0 Å². The van der Waals surface area contributed by atoms with Gasteiger partial charge in [0, 0.05) is 12.2 Å². The molecule has 1 unspecified atom stereocenters. The Morgan fingerprint density at radius 3 is 2.67 bits per heavy atom. The average molecular weight is 287 g/mol. The molecule has 3 rings (SSSR count). The summed E-state index contributed by atoms with van der Waals surface area (Å²) in [5.41, 5.74) is 4.61. The molecule has 0 amide bonds. The minimum absolute atomic E-state index is 0.243. The summed E-state index contributed by atoms with van der Waals surface area (Å²) in [4.78, 5) is 0. The Labute approximate surface area is 128 Å². The summed E-state index contributed by atoms with van der Waals surface area (Å²) in [6.45, 7) is 11.8. The van der Waals surface area contributed by atoms with E-state index in [1.165, 1.54) is 23.2 Å². The van der Waals surface area contributed by atoms with E-state index >= 15 is 0 Å². The molecule has 0 radical (unpaired) electrons. The number of rotatable bonds is 2. The first-order valence-corrected chi connectivity index (χ1v) is 8.10. The van der Waals surface area contributed by atoms with E-state index < -0.39 is 0 Å². The minimum atomic E-state index is -0.276. The lowest BCUT2D eigenvalue weighted by molar-refractivity contribution is -0.0118. The van der Waals surface area contributed by atoms with Gasteiger partial charge in [-0.05, 0) is 63.5 Å². The number of fused-ring (bicyclic) bond motifs is 1. The first-order valence-electron chi connectivity index (χ1n) is 8.10. The van der Waals surface area contributed by atoms with Crippen molar-refractivity contribution in [3.8, 4) is 0 Å². The molecule has 4 heteroatoms. The molecular weight excluding hydrogens is 261 g/mol. The summed E-state index contributed by atoms with van der Waals surface area (Å²) < 4.78 is 12.6. The lowest BCUT2D eigenvalue weighted by atomic mass is 9.74. The molecule has 1 atom stereocenters. The van der Waals surface area contributed by atoms with Gasteiger partial charge in [-0.1, -0.05) is 19.1 Å². The van der Waals surface area contributed by atoms with Crippen LogP contribution in [0.3, 0.4) is 0 Å². The number of anilines is 1. The summed E-state index contributed by atoms with van der Waals surface area (Å²) in [5.74, 6) is 0. The normalized spacial score (nSPS) is 27.4. The van der Waals surface area contributed by atoms with Gasteiger partial charge in [0.1, 0.15) is 0 Å². The molecule has 0 spiro atoms. The van der Waals surface area contributed by atoms with E-state index in [9.17, 15) is 0 Å². The van der Waals surface area contributed by atoms with Crippen molar-refractivity contribution in [2.45, 2.75) is 65.1 Å². The maximum atomic E-state index is 6.32. The zero-order valence-corrected chi connectivity index (χ0v) is 13.9. The molecule has 2 aliphatic rings. The number of nitrogens with one attached hydrogen (secondary N) is 1. The second kappa shape index (κ2) is 5.03. The van der Waals surface area contributed by atoms with E-state index in [0.29, 0.717) is 0 Å².